The van der Waals surface area contributed by atoms with Gasteiger partial charge in [-0.1, -0.05) is 19.8 Å². The number of unbranched alkanes of at least 4 members (excludes halogenated alkanes) is 1. The summed E-state index contributed by atoms with van der Waals surface area (Å²) >= 11 is 0. The molecule has 0 aromatic heterocycles. The number of hydrogen-bond acceptors (Lipinski definition) is 3. The molecular weight excluding hydrogens is 156 g/mol. The van der Waals surface area contributed by atoms with E-state index in [1.807, 2.05) is 0 Å². The van der Waals surface area contributed by atoms with E-state index in [1.165, 1.54) is 0 Å². The molecule has 1 rings (SSSR count). The van der Waals surface area contributed by atoms with Crippen molar-refractivity contribution in [2.24, 2.45) is 5.92 Å². The third kappa shape index (κ3) is 2.21. The van der Waals surface area contributed by atoms with Gasteiger partial charge in [0.1, 0.15) is 6.10 Å². The van der Waals surface area contributed by atoms with Gasteiger partial charge in [0.2, 0.25) is 0 Å². The van der Waals surface area contributed by atoms with Gasteiger partial charge in [-0.3, -0.25) is 4.79 Å². The second kappa shape index (κ2) is 4.45. The van der Waals surface area contributed by atoms with Gasteiger partial charge in [-0.15, -0.1) is 0 Å². The Morgan fingerprint density at radius 2 is 2.42 bits per heavy atom. The van der Waals surface area contributed by atoms with Gasteiger partial charge in [0.25, 0.3) is 0 Å². The maximum atomic E-state index is 11.1. The number of hydrogen-bond donors (Lipinski definition) is 1. The Bertz CT molecular complexity index is 156. The topological polar surface area (TPSA) is 46.5 Å². The molecule has 1 saturated heterocycles. The monoisotopic (exact) mass is 172 g/mol. The number of aliphatic hydroxyl groups is 1. The second-order valence-corrected chi connectivity index (χ2v) is 3.32. The fourth-order valence-corrected chi connectivity index (χ4v) is 1.52. The van der Waals surface area contributed by atoms with E-state index in [4.69, 9.17) is 9.84 Å². The smallest absolute Gasteiger partial charge is 0.309 e. The van der Waals surface area contributed by atoms with Gasteiger partial charge in [-0.2, -0.15) is 0 Å². The van der Waals surface area contributed by atoms with Crippen molar-refractivity contribution in [3.63, 3.8) is 0 Å². The summed E-state index contributed by atoms with van der Waals surface area (Å²) in [6.07, 6.45) is 3.55. The second-order valence-electron chi connectivity index (χ2n) is 3.32. The van der Waals surface area contributed by atoms with Crippen LogP contribution in [0.1, 0.15) is 32.6 Å². The summed E-state index contributed by atoms with van der Waals surface area (Å²) in [6, 6.07) is 0. The molecule has 3 heteroatoms. The van der Waals surface area contributed by atoms with Gasteiger partial charge < -0.3 is 9.84 Å². The summed E-state index contributed by atoms with van der Waals surface area (Å²) in [6.45, 7) is 2.07. The van der Waals surface area contributed by atoms with E-state index in [-0.39, 0.29) is 24.6 Å². The summed E-state index contributed by atoms with van der Waals surface area (Å²) in [4.78, 5) is 11.1. The summed E-state index contributed by atoms with van der Waals surface area (Å²) in [5.41, 5.74) is 0. The van der Waals surface area contributed by atoms with Gasteiger partial charge >= 0.3 is 5.97 Å². The predicted octanol–water partition coefficient (Wildman–Crippen LogP) is 1.10. The lowest BCUT2D eigenvalue weighted by molar-refractivity contribution is -0.145. The van der Waals surface area contributed by atoms with Crippen molar-refractivity contribution in [2.75, 3.05) is 6.61 Å². The van der Waals surface area contributed by atoms with Crippen LogP contribution in [0.2, 0.25) is 0 Å². The normalized spacial score (nSPS) is 29.0. The van der Waals surface area contributed by atoms with Gasteiger partial charge in [-0.25, -0.2) is 0 Å². The number of rotatable bonds is 4. The van der Waals surface area contributed by atoms with Crippen molar-refractivity contribution in [1.82, 2.24) is 0 Å². The zero-order valence-corrected chi connectivity index (χ0v) is 7.45. The Labute approximate surface area is 72.7 Å². The van der Waals surface area contributed by atoms with Crippen molar-refractivity contribution in [3.05, 3.63) is 0 Å². The van der Waals surface area contributed by atoms with Gasteiger partial charge in [0.05, 0.1) is 12.5 Å². The highest BCUT2D eigenvalue weighted by molar-refractivity contribution is 5.74. The van der Waals surface area contributed by atoms with Crippen LogP contribution in [0.3, 0.4) is 0 Å². The fraction of sp³-hybridized carbons (Fsp3) is 0.889. The highest BCUT2D eigenvalue weighted by Gasteiger charge is 2.32. The standard InChI is InChI=1S/C9H16O3/c1-2-3-4-7-5-8(6-10)12-9(7)11/h7-8,10H,2-6H2,1H3. The maximum absolute atomic E-state index is 11.1. The van der Waals surface area contributed by atoms with E-state index in [9.17, 15) is 4.79 Å². The fourth-order valence-electron chi connectivity index (χ4n) is 1.52. The highest BCUT2D eigenvalue weighted by atomic mass is 16.6. The molecule has 70 valence electrons. The molecule has 12 heavy (non-hydrogen) atoms. The molecule has 1 aliphatic heterocycles. The van der Waals surface area contributed by atoms with Crippen molar-refractivity contribution in [2.45, 2.75) is 38.7 Å². The quantitative estimate of drug-likeness (QED) is 0.646. The first-order valence-corrected chi connectivity index (χ1v) is 4.59. The number of esters is 1. The number of carbonyl (C=O) groups excluding carboxylic acids is 1. The minimum absolute atomic E-state index is 0.0334. The summed E-state index contributed by atoms with van der Waals surface area (Å²) in [5, 5.41) is 8.75. The molecule has 1 N–H and O–H groups in total. The van der Waals surface area contributed by atoms with Crippen molar-refractivity contribution >= 4 is 5.97 Å². The molecule has 1 heterocycles. The van der Waals surface area contributed by atoms with E-state index in [2.05, 4.69) is 6.92 Å². The Morgan fingerprint density at radius 3 is 2.92 bits per heavy atom. The molecule has 0 aliphatic carbocycles. The van der Waals surface area contributed by atoms with E-state index in [0.29, 0.717) is 6.42 Å². The molecule has 1 aliphatic rings. The molecule has 0 aromatic carbocycles. The molecule has 0 radical (unpaired) electrons. The van der Waals surface area contributed by atoms with Gasteiger partial charge in [0.15, 0.2) is 0 Å². The summed E-state index contributed by atoms with van der Waals surface area (Å²) in [5.74, 6) is -0.0791. The first-order chi connectivity index (χ1) is 5.77. The zero-order chi connectivity index (χ0) is 8.97. The molecule has 2 atom stereocenters. The molecular formula is C9H16O3. The number of cyclic esters (lactones) is 1. The van der Waals surface area contributed by atoms with E-state index in [0.717, 1.165) is 19.3 Å². The number of aliphatic hydroxyl groups excluding tert-OH is 1. The van der Waals surface area contributed by atoms with Crippen molar-refractivity contribution < 1.29 is 14.6 Å². The minimum Gasteiger partial charge on any atom is -0.460 e. The van der Waals surface area contributed by atoms with Crippen LogP contribution in [0.15, 0.2) is 0 Å². The molecule has 0 bridgehead atoms. The van der Waals surface area contributed by atoms with Crippen LogP contribution in [0.5, 0.6) is 0 Å². The molecule has 0 aromatic rings. The van der Waals surface area contributed by atoms with E-state index < -0.39 is 0 Å². The molecule has 0 saturated carbocycles. The van der Waals surface area contributed by atoms with Gasteiger partial charge in [-0.05, 0) is 12.8 Å². The van der Waals surface area contributed by atoms with Crippen LogP contribution in [-0.4, -0.2) is 23.8 Å². The third-order valence-corrected chi connectivity index (χ3v) is 2.27. The molecule has 3 nitrogen and oxygen atoms in total. The molecule has 0 amide bonds. The Balaban J connectivity index is 2.31. The molecule has 1 fully saturated rings. The Hall–Kier alpha value is -0.570. The lowest BCUT2D eigenvalue weighted by Crippen LogP contribution is -2.10. The van der Waals surface area contributed by atoms with Crippen LogP contribution in [0, 0.1) is 5.92 Å². The van der Waals surface area contributed by atoms with E-state index >= 15 is 0 Å². The van der Waals surface area contributed by atoms with Crippen LogP contribution in [-0.2, 0) is 9.53 Å². The van der Waals surface area contributed by atoms with Gasteiger partial charge in [0, 0.05) is 0 Å². The Kier molecular flexibility index (Phi) is 3.53. The number of ether oxygens (including phenoxy) is 1. The highest BCUT2D eigenvalue weighted by Crippen LogP contribution is 2.25. The largest absolute Gasteiger partial charge is 0.460 e. The maximum Gasteiger partial charge on any atom is 0.309 e. The average molecular weight is 172 g/mol. The average Bonchev–Trinajstić information content (AvgIpc) is 2.43. The lowest BCUT2D eigenvalue weighted by atomic mass is 9.99. The van der Waals surface area contributed by atoms with Crippen LogP contribution in [0.25, 0.3) is 0 Å². The SMILES string of the molecule is CCCCC1CC(CO)OC1=O. The minimum atomic E-state index is -0.237. The summed E-state index contributed by atoms with van der Waals surface area (Å²) < 4.78 is 4.93. The zero-order valence-electron chi connectivity index (χ0n) is 7.45. The number of carbonyl (C=O) groups is 1. The first kappa shape index (κ1) is 9.52. The summed E-state index contributed by atoms with van der Waals surface area (Å²) in [7, 11) is 0. The van der Waals surface area contributed by atoms with E-state index in [1.54, 1.807) is 0 Å². The van der Waals surface area contributed by atoms with Crippen LogP contribution >= 0.6 is 0 Å². The molecule has 2 unspecified atom stereocenters. The first-order valence-electron chi connectivity index (χ1n) is 4.59. The Morgan fingerprint density at radius 1 is 1.67 bits per heavy atom. The third-order valence-electron chi connectivity index (χ3n) is 2.27. The van der Waals surface area contributed by atoms with Crippen molar-refractivity contribution in [3.8, 4) is 0 Å². The lowest BCUT2D eigenvalue weighted by Gasteiger charge is -2.02. The molecule has 0 spiro atoms. The van der Waals surface area contributed by atoms with Crippen LogP contribution < -0.4 is 0 Å². The van der Waals surface area contributed by atoms with Crippen molar-refractivity contribution in [1.29, 1.82) is 0 Å². The predicted molar refractivity (Wildman–Crippen MR) is 44.6 cm³/mol. The van der Waals surface area contributed by atoms with Crippen LogP contribution in [0.4, 0.5) is 0 Å².